The lowest BCUT2D eigenvalue weighted by Crippen LogP contribution is -2.12. The first-order chi connectivity index (χ1) is 15.8. The number of nitrogens with one attached hydrogen (secondary N) is 1. The molecule has 1 aromatic heterocycles. The maximum Gasteiger partial charge on any atom is 0.255 e. The monoisotopic (exact) mass is 448 g/mol. The number of ether oxygens (including phenoxy) is 3. The van der Waals surface area contributed by atoms with Gasteiger partial charge in [-0.3, -0.25) is 4.79 Å². The fourth-order valence-electron chi connectivity index (χ4n) is 3.50. The summed E-state index contributed by atoms with van der Waals surface area (Å²) in [5.41, 5.74) is 4.69. The van der Waals surface area contributed by atoms with Crippen molar-refractivity contribution >= 4 is 22.7 Å². The highest BCUT2D eigenvalue weighted by Gasteiger charge is 2.18. The van der Waals surface area contributed by atoms with Gasteiger partial charge in [-0.05, 0) is 61.4 Å². The Morgan fingerprint density at radius 2 is 1.61 bits per heavy atom. The van der Waals surface area contributed by atoms with Crippen LogP contribution in [0.1, 0.15) is 21.5 Å². The van der Waals surface area contributed by atoms with E-state index in [1.807, 2.05) is 26.0 Å². The second-order valence-electron chi connectivity index (χ2n) is 7.52. The van der Waals surface area contributed by atoms with Crippen LogP contribution in [0.3, 0.4) is 0 Å². The number of anilines is 1. The Kier molecular flexibility index (Phi) is 5.83. The van der Waals surface area contributed by atoms with Gasteiger partial charge in [-0.1, -0.05) is 0 Å². The third-order valence-electron chi connectivity index (χ3n) is 5.42. The molecule has 0 fully saturated rings. The number of benzene rings is 3. The highest BCUT2D eigenvalue weighted by atomic mass is 16.5. The summed E-state index contributed by atoms with van der Waals surface area (Å²) in [6.45, 7) is 4.01. The van der Waals surface area contributed by atoms with Crippen LogP contribution in [-0.2, 0) is 0 Å². The lowest BCUT2D eigenvalue weighted by molar-refractivity contribution is 0.102. The summed E-state index contributed by atoms with van der Waals surface area (Å²) in [4.78, 5) is 17.3. The van der Waals surface area contributed by atoms with Gasteiger partial charge in [0.2, 0.25) is 11.6 Å². The number of carbonyl (C=O) groups excluding carboxylic acids is 1. The molecule has 0 aliphatic heterocycles. The van der Waals surface area contributed by atoms with Crippen LogP contribution in [0, 0.1) is 13.8 Å². The van der Waals surface area contributed by atoms with Gasteiger partial charge < -0.3 is 29.1 Å². The van der Waals surface area contributed by atoms with E-state index >= 15 is 0 Å². The SMILES string of the molecule is COc1cc(C(=O)Nc2ccc(-c3nc4cc(C)c(C)cc4o3)c(O)c2)cc(OC)c1OC. The number of phenolic OH excluding ortho intramolecular Hbond substituents is 1. The van der Waals surface area contributed by atoms with Crippen LogP contribution in [0.4, 0.5) is 5.69 Å². The van der Waals surface area contributed by atoms with E-state index in [1.165, 1.54) is 27.4 Å². The van der Waals surface area contributed by atoms with Crippen molar-refractivity contribution in [1.82, 2.24) is 4.98 Å². The van der Waals surface area contributed by atoms with Crippen LogP contribution < -0.4 is 19.5 Å². The van der Waals surface area contributed by atoms with Crippen molar-refractivity contribution in [2.75, 3.05) is 26.6 Å². The number of nitrogens with zero attached hydrogens (tertiary/aromatic N) is 1. The Labute approximate surface area is 190 Å². The quantitative estimate of drug-likeness (QED) is 0.423. The number of aromatic nitrogens is 1. The fraction of sp³-hybridized carbons (Fsp3) is 0.200. The van der Waals surface area contributed by atoms with Gasteiger partial charge >= 0.3 is 0 Å². The molecule has 3 aromatic carbocycles. The number of hydrogen-bond acceptors (Lipinski definition) is 7. The zero-order chi connectivity index (χ0) is 23.7. The minimum atomic E-state index is -0.408. The standard InChI is InChI=1S/C25H24N2O6/c1-13-8-18-20(9-14(13)2)33-25(27-18)17-7-6-16(12-19(17)28)26-24(29)15-10-21(30-3)23(32-5)22(11-15)31-4/h6-12,28H,1-5H3,(H,26,29). The number of hydrogen-bond donors (Lipinski definition) is 2. The third kappa shape index (κ3) is 4.15. The Balaban J connectivity index is 1.61. The summed E-state index contributed by atoms with van der Waals surface area (Å²) < 4.78 is 21.7. The summed E-state index contributed by atoms with van der Waals surface area (Å²) in [7, 11) is 4.44. The van der Waals surface area contributed by atoms with E-state index in [9.17, 15) is 9.90 Å². The van der Waals surface area contributed by atoms with Gasteiger partial charge in [-0.2, -0.15) is 0 Å². The number of rotatable bonds is 6. The topological polar surface area (TPSA) is 103 Å². The first-order valence-corrected chi connectivity index (χ1v) is 10.2. The van der Waals surface area contributed by atoms with Crippen molar-refractivity contribution in [3.8, 4) is 34.5 Å². The van der Waals surface area contributed by atoms with E-state index in [4.69, 9.17) is 18.6 Å². The molecule has 0 bridgehead atoms. The van der Waals surface area contributed by atoms with Crippen molar-refractivity contribution in [2.45, 2.75) is 13.8 Å². The number of carbonyl (C=O) groups is 1. The third-order valence-corrected chi connectivity index (χ3v) is 5.42. The van der Waals surface area contributed by atoms with Crippen LogP contribution in [0.2, 0.25) is 0 Å². The van der Waals surface area contributed by atoms with Crippen molar-refractivity contribution in [2.24, 2.45) is 0 Å². The van der Waals surface area contributed by atoms with E-state index in [0.717, 1.165) is 11.1 Å². The largest absolute Gasteiger partial charge is 0.507 e. The van der Waals surface area contributed by atoms with Crippen molar-refractivity contribution in [1.29, 1.82) is 0 Å². The van der Waals surface area contributed by atoms with Crippen LogP contribution in [0.25, 0.3) is 22.6 Å². The average molecular weight is 448 g/mol. The minimum Gasteiger partial charge on any atom is -0.507 e. The average Bonchev–Trinajstić information content (AvgIpc) is 3.20. The van der Waals surface area contributed by atoms with E-state index in [1.54, 1.807) is 24.3 Å². The second kappa shape index (κ2) is 8.74. The molecule has 2 N–H and O–H groups in total. The summed E-state index contributed by atoms with van der Waals surface area (Å²) >= 11 is 0. The molecule has 4 rings (SSSR count). The summed E-state index contributed by atoms with van der Waals surface area (Å²) in [5, 5.41) is 13.3. The molecule has 1 amide bonds. The van der Waals surface area contributed by atoms with Gasteiger partial charge in [0.1, 0.15) is 11.3 Å². The molecule has 4 aromatic rings. The van der Waals surface area contributed by atoms with Crippen LogP contribution >= 0.6 is 0 Å². The molecule has 8 heteroatoms. The molecule has 0 atom stereocenters. The number of methoxy groups -OCH3 is 3. The van der Waals surface area contributed by atoms with Gasteiger partial charge in [-0.25, -0.2) is 4.98 Å². The molecule has 0 radical (unpaired) electrons. The Bertz CT molecular complexity index is 1290. The lowest BCUT2D eigenvalue weighted by Gasteiger charge is -2.14. The van der Waals surface area contributed by atoms with Crippen LogP contribution in [-0.4, -0.2) is 37.3 Å². The molecule has 8 nitrogen and oxygen atoms in total. The Hall–Kier alpha value is -4.20. The molecular formula is C25H24N2O6. The van der Waals surface area contributed by atoms with Crippen molar-refractivity contribution in [3.05, 3.63) is 59.2 Å². The zero-order valence-corrected chi connectivity index (χ0v) is 19.0. The summed E-state index contributed by atoms with van der Waals surface area (Å²) in [6.07, 6.45) is 0. The van der Waals surface area contributed by atoms with E-state index in [2.05, 4.69) is 10.3 Å². The normalized spacial score (nSPS) is 10.8. The summed E-state index contributed by atoms with van der Waals surface area (Å²) in [6, 6.07) is 11.7. The van der Waals surface area contributed by atoms with Crippen molar-refractivity contribution < 1.29 is 28.5 Å². The van der Waals surface area contributed by atoms with Gasteiger partial charge in [-0.15, -0.1) is 0 Å². The lowest BCUT2D eigenvalue weighted by atomic mass is 10.1. The smallest absolute Gasteiger partial charge is 0.255 e. The van der Waals surface area contributed by atoms with Gasteiger partial charge in [0.05, 0.1) is 26.9 Å². The number of oxazole rings is 1. The number of amides is 1. The molecule has 33 heavy (non-hydrogen) atoms. The highest BCUT2D eigenvalue weighted by Crippen LogP contribution is 2.39. The van der Waals surface area contributed by atoms with Crippen LogP contribution in [0.5, 0.6) is 23.0 Å². The Morgan fingerprint density at radius 3 is 2.21 bits per heavy atom. The Morgan fingerprint density at radius 1 is 0.939 bits per heavy atom. The van der Waals surface area contributed by atoms with Crippen molar-refractivity contribution in [3.63, 3.8) is 0 Å². The molecule has 0 aliphatic rings. The molecule has 0 saturated heterocycles. The molecule has 170 valence electrons. The minimum absolute atomic E-state index is 0.0716. The first kappa shape index (κ1) is 22.0. The van der Waals surface area contributed by atoms with Gasteiger partial charge in [0.25, 0.3) is 5.91 Å². The number of fused-ring (bicyclic) bond motifs is 1. The predicted molar refractivity (Wildman–Crippen MR) is 125 cm³/mol. The molecule has 0 saturated carbocycles. The number of aromatic hydroxyl groups is 1. The van der Waals surface area contributed by atoms with E-state index < -0.39 is 5.91 Å². The molecule has 0 aliphatic carbocycles. The van der Waals surface area contributed by atoms with Gasteiger partial charge in [0.15, 0.2) is 17.1 Å². The molecule has 1 heterocycles. The first-order valence-electron chi connectivity index (χ1n) is 10.2. The second-order valence-corrected chi connectivity index (χ2v) is 7.52. The van der Waals surface area contributed by atoms with E-state index in [0.29, 0.717) is 51.1 Å². The molecular weight excluding hydrogens is 424 g/mol. The zero-order valence-electron chi connectivity index (χ0n) is 19.0. The predicted octanol–water partition coefficient (Wildman–Crippen LogP) is 5.10. The maximum atomic E-state index is 12.8. The van der Waals surface area contributed by atoms with E-state index in [-0.39, 0.29) is 5.75 Å². The number of phenols is 1. The van der Waals surface area contributed by atoms with Crippen LogP contribution in [0.15, 0.2) is 46.9 Å². The fourth-order valence-corrected chi connectivity index (χ4v) is 3.50. The molecule has 0 unspecified atom stereocenters. The summed E-state index contributed by atoms with van der Waals surface area (Å²) in [5.74, 6) is 0.937. The van der Waals surface area contributed by atoms with Gasteiger partial charge in [0, 0.05) is 17.3 Å². The number of aryl methyl sites for hydroxylation is 2. The molecule has 0 spiro atoms. The maximum absolute atomic E-state index is 12.8. The highest BCUT2D eigenvalue weighted by molar-refractivity contribution is 6.05.